The Morgan fingerprint density at radius 3 is 3.00 bits per heavy atom. The fourth-order valence-electron chi connectivity index (χ4n) is 1.62. The Labute approximate surface area is 98.1 Å². The number of rotatable bonds is 2. The lowest BCUT2D eigenvalue weighted by Crippen LogP contribution is -2.38. The number of nitrogens with one attached hydrogen (secondary N) is 2. The van der Waals surface area contributed by atoms with Crippen molar-refractivity contribution < 1.29 is 13.9 Å². The molecule has 1 heterocycles. The second-order valence-electron chi connectivity index (χ2n) is 3.90. The number of carbonyl (C=O) groups excluding carboxylic acids is 1. The van der Waals surface area contributed by atoms with E-state index in [9.17, 15) is 9.18 Å². The smallest absolute Gasteiger partial charge is 0.319 e. The molecule has 6 heteroatoms. The summed E-state index contributed by atoms with van der Waals surface area (Å²) < 4.78 is 18.0. The van der Waals surface area contributed by atoms with E-state index in [0.717, 1.165) is 6.42 Å². The third kappa shape index (κ3) is 3.07. The fourth-order valence-corrected chi connectivity index (χ4v) is 1.62. The van der Waals surface area contributed by atoms with E-state index in [4.69, 9.17) is 10.5 Å². The molecule has 1 aromatic carbocycles. The molecule has 1 aliphatic heterocycles. The molecule has 1 aliphatic rings. The molecule has 2 amide bonds. The Morgan fingerprint density at radius 2 is 2.35 bits per heavy atom. The van der Waals surface area contributed by atoms with Crippen LogP contribution in [0.3, 0.4) is 0 Å². The van der Waals surface area contributed by atoms with Crippen LogP contribution in [0.15, 0.2) is 18.2 Å². The van der Waals surface area contributed by atoms with Crippen LogP contribution in [0.25, 0.3) is 0 Å². The van der Waals surface area contributed by atoms with E-state index in [2.05, 4.69) is 10.6 Å². The van der Waals surface area contributed by atoms with Crippen molar-refractivity contribution in [1.82, 2.24) is 5.32 Å². The number of amides is 2. The van der Waals surface area contributed by atoms with Gasteiger partial charge in [0, 0.05) is 12.3 Å². The zero-order valence-corrected chi connectivity index (χ0v) is 9.20. The van der Waals surface area contributed by atoms with Crippen molar-refractivity contribution in [2.75, 3.05) is 24.3 Å². The molecule has 92 valence electrons. The summed E-state index contributed by atoms with van der Waals surface area (Å²) in [6.45, 7) is 1.19. The summed E-state index contributed by atoms with van der Waals surface area (Å²) in [4.78, 5) is 11.6. The van der Waals surface area contributed by atoms with Crippen LogP contribution in [0.5, 0.6) is 0 Å². The van der Waals surface area contributed by atoms with Crippen molar-refractivity contribution in [3.8, 4) is 0 Å². The van der Waals surface area contributed by atoms with Gasteiger partial charge in [-0.1, -0.05) is 0 Å². The summed E-state index contributed by atoms with van der Waals surface area (Å²) in [5, 5.41) is 5.34. The summed E-state index contributed by atoms with van der Waals surface area (Å²) in [5.74, 6) is -0.500. The average molecular weight is 239 g/mol. The van der Waals surface area contributed by atoms with Crippen LogP contribution in [0.2, 0.25) is 0 Å². The number of nitrogen functional groups attached to an aromatic ring is 1. The van der Waals surface area contributed by atoms with Gasteiger partial charge in [0.25, 0.3) is 0 Å². The molecule has 0 saturated carbocycles. The monoisotopic (exact) mass is 239 g/mol. The molecule has 0 aromatic heterocycles. The zero-order valence-electron chi connectivity index (χ0n) is 9.20. The molecule has 1 atom stereocenters. The molecule has 1 fully saturated rings. The van der Waals surface area contributed by atoms with Crippen molar-refractivity contribution in [2.24, 2.45) is 0 Å². The SMILES string of the molecule is Nc1cc(NC(=O)NC2CCOC2)ccc1F. The standard InChI is InChI=1S/C11H14FN3O2/c12-9-2-1-7(5-10(9)13)14-11(16)15-8-3-4-17-6-8/h1-2,5,8H,3-4,6,13H2,(H2,14,15,16). The average Bonchev–Trinajstić information content (AvgIpc) is 2.76. The Bertz CT molecular complexity index is 419. The second-order valence-corrected chi connectivity index (χ2v) is 3.90. The van der Waals surface area contributed by atoms with Crippen LogP contribution in [-0.2, 0) is 4.74 Å². The van der Waals surface area contributed by atoms with E-state index in [-0.39, 0.29) is 17.8 Å². The lowest BCUT2D eigenvalue weighted by Gasteiger charge is -2.12. The number of benzene rings is 1. The highest BCUT2D eigenvalue weighted by atomic mass is 19.1. The van der Waals surface area contributed by atoms with Crippen molar-refractivity contribution in [2.45, 2.75) is 12.5 Å². The minimum Gasteiger partial charge on any atom is -0.396 e. The van der Waals surface area contributed by atoms with Gasteiger partial charge in [-0.05, 0) is 24.6 Å². The van der Waals surface area contributed by atoms with E-state index in [1.807, 2.05) is 0 Å². The van der Waals surface area contributed by atoms with Crippen LogP contribution in [-0.4, -0.2) is 25.3 Å². The topological polar surface area (TPSA) is 76.4 Å². The van der Waals surface area contributed by atoms with E-state index in [1.54, 1.807) is 0 Å². The third-order valence-corrected chi connectivity index (χ3v) is 2.52. The lowest BCUT2D eigenvalue weighted by atomic mass is 10.2. The van der Waals surface area contributed by atoms with Crippen molar-refractivity contribution in [3.05, 3.63) is 24.0 Å². The molecule has 17 heavy (non-hydrogen) atoms. The van der Waals surface area contributed by atoms with Crippen molar-refractivity contribution in [3.63, 3.8) is 0 Å². The van der Waals surface area contributed by atoms with Gasteiger partial charge in [-0.25, -0.2) is 9.18 Å². The van der Waals surface area contributed by atoms with Crippen molar-refractivity contribution >= 4 is 17.4 Å². The van der Waals surface area contributed by atoms with Crippen LogP contribution in [0.1, 0.15) is 6.42 Å². The molecule has 1 aromatic rings. The van der Waals surface area contributed by atoms with E-state index in [1.165, 1.54) is 18.2 Å². The summed E-state index contributed by atoms with van der Waals surface area (Å²) >= 11 is 0. The fraction of sp³-hybridized carbons (Fsp3) is 0.364. The Balaban J connectivity index is 1.90. The van der Waals surface area contributed by atoms with E-state index in [0.29, 0.717) is 18.9 Å². The molecule has 0 bridgehead atoms. The number of ether oxygens (including phenoxy) is 1. The molecule has 1 unspecified atom stereocenters. The van der Waals surface area contributed by atoms with Crippen molar-refractivity contribution in [1.29, 1.82) is 0 Å². The Kier molecular flexibility index (Phi) is 3.43. The molecular weight excluding hydrogens is 225 g/mol. The quantitative estimate of drug-likeness (QED) is 0.681. The number of carbonyl (C=O) groups is 1. The first-order valence-electron chi connectivity index (χ1n) is 5.35. The van der Waals surface area contributed by atoms with Gasteiger partial charge in [0.1, 0.15) is 5.82 Å². The third-order valence-electron chi connectivity index (χ3n) is 2.52. The molecule has 1 saturated heterocycles. The van der Waals surface area contributed by atoms with Crippen LogP contribution >= 0.6 is 0 Å². The van der Waals surface area contributed by atoms with Crippen LogP contribution in [0, 0.1) is 5.82 Å². The van der Waals surface area contributed by atoms with Crippen LogP contribution in [0.4, 0.5) is 20.6 Å². The van der Waals surface area contributed by atoms with Crippen LogP contribution < -0.4 is 16.4 Å². The second kappa shape index (κ2) is 5.01. The van der Waals surface area contributed by atoms with Gasteiger partial charge in [-0.15, -0.1) is 0 Å². The Hall–Kier alpha value is -1.82. The molecule has 2 rings (SSSR count). The molecule has 4 N–H and O–H groups in total. The Morgan fingerprint density at radius 1 is 1.53 bits per heavy atom. The summed E-state index contributed by atoms with van der Waals surface area (Å²) in [6, 6.07) is 3.74. The van der Waals surface area contributed by atoms with Gasteiger partial charge < -0.3 is 21.1 Å². The van der Waals surface area contributed by atoms with Gasteiger partial charge in [-0.3, -0.25) is 0 Å². The first kappa shape index (κ1) is 11.7. The first-order chi connectivity index (χ1) is 8.15. The molecular formula is C11H14FN3O2. The summed E-state index contributed by atoms with van der Waals surface area (Å²) in [5.41, 5.74) is 5.86. The molecule has 0 aliphatic carbocycles. The normalized spacial score (nSPS) is 19.0. The highest BCUT2D eigenvalue weighted by Crippen LogP contribution is 2.16. The largest absolute Gasteiger partial charge is 0.396 e. The number of anilines is 2. The lowest BCUT2D eigenvalue weighted by molar-refractivity contribution is 0.189. The zero-order chi connectivity index (χ0) is 12.3. The van der Waals surface area contributed by atoms with E-state index < -0.39 is 5.82 Å². The maximum absolute atomic E-state index is 12.9. The highest BCUT2D eigenvalue weighted by molar-refractivity contribution is 5.89. The highest BCUT2D eigenvalue weighted by Gasteiger charge is 2.17. The number of hydrogen-bond acceptors (Lipinski definition) is 3. The minimum atomic E-state index is -0.500. The predicted molar refractivity (Wildman–Crippen MR) is 62.2 cm³/mol. The molecule has 0 radical (unpaired) electrons. The maximum Gasteiger partial charge on any atom is 0.319 e. The summed E-state index contributed by atoms with van der Waals surface area (Å²) in [7, 11) is 0. The number of nitrogens with two attached hydrogens (primary N) is 1. The number of urea groups is 1. The number of halogens is 1. The van der Waals surface area contributed by atoms with Gasteiger partial charge in [0.05, 0.1) is 18.3 Å². The minimum absolute atomic E-state index is 0.00648. The van der Waals surface area contributed by atoms with Gasteiger partial charge >= 0.3 is 6.03 Å². The van der Waals surface area contributed by atoms with Gasteiger partial charge in [0.2, 0.25) is 0 Å². The molecule has 5 nitrogen and oxygen atoms in total. The predicted octanol–water partition coefficient (Wildman–Crippen LogP) is 1.32. The maximum atomic E-state index is 12.9. The van der Waals surface area contributed by atoms with E-state index >= 15 is 0 Å². The first-order valence-corrected chi connectivity index (χ1v) is 5.35. The summed E-state index contributed by atoms with van der Waals surface area (Å²) in [6.07, 6.45) is 0.805. The van der Waals surface area contributed by atoms with Gasteiger partial charge in [0.15, 0.2) is 0 Å². The number of hydrogen-bond donors (Lipinski definition) is 3. The molecule has 0 spiro atoms. The van der Waals surface area contributed by atoms with Gasteiger partial charge in [-0.2, -0.15) is 0 Å².